The van der Waals surface area contributed by atoms with E-state index in [0.29, 0.717) is 28.0 Å². The molecule has 2 amide bonds. The van der Waals surface area contributed by atoms with Gasteiger partial charge in [-0.25, -0.2) is 4.39 Å². The molecule has 3 rings (SSSR count). The second-order valence-electron chi connectivity index (χ2n) is 5.41. The van der Waals surface area contributed by atoms with Crippen molar-refractivity contribution < 1.29 is 18.7 Å². The van der Waals surface area contributed by atoms with Crippen molar-refractivity contribution in [3.63, 3.8) is 0 Å². The van der Waals surface area contributed by atoms with Gasteiger partial charge in [-0.3, -0.25) is 14.7 Å². The van der Waals surface area contributed by atoms with Gasteiger partial charge in [-0.2, -0.15) is 5.10 Å². The zero-order valence-corrected chi connectivity index (χ0v) is 13.8. The summed E-state index contributed by atoms with van der Waals surface area (Å²) in [6.45, 7) is -0.829. The molecule has 1 aromatic heterocycles. The maximum absolute atomic E-state index is 12.2. The van der Waals surface area contributed by atoms with Crippen LogP contribution in [0.4, 0.5) is 10.2 Å². The molecule has 0 saturated carbocycles. The molecule has 0 spiro atoms. The Kier molecular flexibility index (Phi) is 5.43. The van der Waals surface area contributed by atoms with Gasteiger partial charge in [0.25, 0.3) is 5.91 Å². The Hall–Kier alpha value is -3.42. The van der Waals surface area contributed by atoms with Crippen LogP contribution in [0.3, 0.4) is 0 Å². The van der Waals surface area contributed by atoms with Gasteiger partial charge >= 0.3 is 0 Å². The minimum absolute atomic E-state index is 0.0451. The molecule has 0 unspecified atom stereocenters. The Labute approximate surface area is 148 Å². The number of amides is 2. The number of H-pyrrole nitrogens is 1. The minimum Gasteiger partial charge on any atom is -0.491 e. The van der Waals surface area contributed by atoms with Gasteiger partial charge in [0, 0.05) is 10.9 Å². The largest absolute Gasteiger partial charge is 0.491 e. The van der Waals surface area contributed by atoms with E-state index in [-0.39, 0.29) is 19.1 Å². The molecule has 3 aromatic rings. The lowest BCUT2D eigenvalue weighted by molar-refractivity contribution is -0.115. The zero-order chi connectivity index (χ0) is 18.4. The van der Waals surface area contributed by atoms with Gasteiger partial charge in [0.05, 0.1) is 12.1 Å². The summed E-state index contributed by atoms with van der Waals surface area (Å²) in [7, 11) is 0. The predicted octanol–water partition coefficient (Wildman–Crippen LogP) is 2.28. The molecule has 3 N–H and O–H groups in total. The average molecular weight is 356 g/mol. The number of halogens is 1. The number of rotatable bonds is 7. The molecule has 0 aliphatic carbocycles. The SMILES string of the molecule is O=C(CNC(=O)c1ccccc1)Nc1n[nH]c2ccc(OCCF)cc12. The smallest absolute Gasteiger partial charge is 0.251 e. The molecule has 0 atom stereocenters. The Morgan fingerprint density at radius 2 is 1.96 bits per heavy atom. The van der Waals surface area contributed by atoms with Gasteiger partial charge in [-0.15, -0.1) is 0 Å². The summed E-state index contributed by atoms with van der Waals surface area (Å²) in [5.41, 5.74) is 1.17. The van der Waals surface area contributed by atoms with Crippen LogP contribution in [0.1, 0.15) is 10.4 Å². The van der Waals surface area contributed by atoms with Crippen LogP contribution in [0.5, 0.6) is 5.75 Å². The first-order chi connectivity index (χ1) is 12.7. The summed E-state index contributed by atoms with van der Waals surface area (Å²) in [5.74, 6) is 0.0291. The fourth-order valence-corrected chi connectivity index (χ4v) is 2.36. The highest BCUT2D eigenvalue weighted by Crippen LogP contribution is 2.25. The molecular formula is C18H17FN4O3. The van der Waals surface area contributed by atoms with Crippen molar-refractivity contribution in [2.24, 2.45) is 0 Å². The Balaban J connectivity index is 1.62. The molecule has 0 aliphatic heterocycles. The maximum Gasteiger partial charge on any atom is 0.251 e. The summed E-state index contributed by atoms with van der Waals surface area (Å²) in [6.07, 6.45) is 0. The topological polar surface area (TPSA) is 96.1 Å². The van der Waals surface area contributed by atoms with E-state index in [1.54, 1.807) is 48.5 Å². The van der Waals surface area contributed by atoms with Crippen molar-refractivity contribution in [2.45, 2.75) is 0 Å². The standard InChI is InChI=1S/C18H17FN4O3/c19-8-9-26-13-6-7-15-14(10-13)17(23-22-15)21-16(24)11-20-18(25)12-4-2-1-3-5-12/h1-7,10H,8-9,11H2,(H,20,25)(H2,21,22,23,24). The highest BCUT2D eigenvalue weighted by Gasteiger charge is 2.12. The highest BCUT2D eigenvalue weighted by molar-refractivity contribution is 6.03. The second-order valence-corrected chi connectivity index (χ2v) is 5.41. The van der Waals surface area contributed by atoms with E-state index < -0.39 is 12.6 Å². The van der Waals surface area contributed by atoms with Crippen molar-refractivity contribution in [1.29, 1.82) is 0 Å². The van der Waals surface area contributed by atoms with Crippen molar-refractivity contribution in [2.75, 3.05) is 25.1 Å². The summed E-state index contributed by atoms with van der Waals surface area (Å²) < 4.78 is 17.5. The third-order valence-corrected chi connectivity index (χ3v) is 3.58. The van der Waals surface area contributed by atoms with Crippen LogP contribution in [0.15, 0.2) is 48.5 Å². The van der Waals surface area contributed by atoms with Crippen LogP contribution >= 0.6 is 0 Å². The Bertz CT molecular complexity index is 911. The van der Waals surface area contributed by atoms with Crippen LogP contribution in [0.25, 0.3) is 10.9 Å². The first-order valence-electron chi connectivity index (χ1n) is 7.97. The number of ether oxygens (including phenoxy) is 1. The lowest BCUT2D eigenvalue weighted by Gasteiger charge is -2.06. The van der Waals surface area contributed by atoms with Crippen LogP contribution in [-0.4, -0.2) is 41.8 Å². The van der Waals surface area contributed by atoms with E-state index in [1.165, 1.54) is 0 Å². The summed E-state index contributed by atoms with van der Waals surface area (Å²) >= 11 is 0. The van der Waals surface area contributed by atoms with E-state index in [9.17, 15) is 14.0 Å². The quantitative estimate of drug-likeness (QED) is 0.605. The molecule has 26 heavy (non-hydrogen) atoms. The number of aromatic nitrogens is 2. The Morgan fingerprint density at radius 1 is 1.15 bits per heavy atom. The minimum atomic E-state index is -0.589. The highest BCUT2D eigenvalue weighted by atomic mass is 19.1. The van der Waals surface area contributed by atoms with Crippen LogP contribution in [0, 0.1) is 0 Å². The average Bonchev–Trinajstić information content (AvgIpc) is 3.07. The third-order valence-electron chi connectivity index (χ3n) is 3.58. The number of alkyl halides is 1. The van der Waals surface area contributed by atoms with E-state index in [0.717, 1.165) is 0 Å². The number of hydrogen-bond donors (Lipinski definition) is 3. The molecule has 2 aromatic carbocycles. The molecule has 8 heteroatoms. The Morgan fingerprint density at radius 3 is 2.73 bits per heavy atom. The number of fused-ring (bicyclic) bond motifs is 1. The number of nitrogens with one attached hydrogen (secondary N) is 3. The number of benzene rings is 2. The number of hydrogen-bond acceptors (Lipinski definition) is 4. The van der Waals surface area contributed by atoms with Gasteiger partial charge in [-0.1, -0.05) is 18.2 Å². The fraction of sp³-hybridized carbons (Fsp3) is 0.167. The number of anilines is 1. The summed E-state index contributed by atoms with van der Waals surface area (Å²) in [5, 5.41) is 12.6. The predicted molar refractivity (Wildman–Crippen MR) is 95.0 cm³/mol. The molecule has 0 saturated heterocycles. The van der Waals surface area contributed by atoms with E-state index in [1.807, 2.05) is 0 Å². The number of nitrogens with zero attached hydrogens (tertiary/aromatic N) is 1. The fourth-order valence-electron chi connectivity index (χ4n) is 2.36. The first kappa shape index (κ1) is 17.4. The molecule has 134 valence electrons. The number of aromatic amines is 1. The molecule has 0 radical (unpaired) electrons. The van der Waals surface area contributed by atoms with Crippen molar-refractivity contribution in [1.82, 2.24) is 15.5 Å². The van der Waals surface area contributed by atoms with Gasteiger partial charge in [0.2, 0.25) is 5.91 Å². The first-order valence-corrected chi connectivity index (χ1v) is 7.97. The summed E-state index contributed by atoms with van der Waals surface area (Å²) in [4.78, 5) is 24.0. The monoisotopic (exact) mass is 356 g/mol. The van der Waals surface area contributed by atoms with Crippen molar-refractivity contribution in [3.8, 4) is 5.75 Å². The molecule has 7 nitrogen and oxygen atoms in total. The molecule has 0 aliphatic rings. The summed E-state index contributed by atoms with van der Waals surface area (Å²) in [6, 6.07) is 13.7. The zero-order valence-electron chi connectivity index (χ0n) is 13.8. The van der Waals surface area contributed by atoms with E-state index in [2.05, 4.69) is 20.8 Å². The van der Waals surface area contributed by atoms with E-state index >= 15 is 0 Å². The number of carbonyl (C=O) groups is 2. The molecule has 0 fully saturated rings. The third kappa shape index (κ3) is 4.15. The van der Waals surface area contributed by atoms with E-state index in [4.69, 9.17) is 4.74 Å². The van der Waals surface area contributed by atoms with Crippen LogP contribution in [-0.2, 0) is 4.79 Å². The van der Waals surface area contributed by atoms with Crippen molar-refractivity contribution >= 4 is 28.5 Å². The van der Waals surface area contributed by atoms with Crippen LogP contribution < -0.4 is 15.4 Å². The van der Waals surface area contributed by atoms with Gasteiger partial charge in [-0.05, 0) is 30.3 Å². The van der Waals surface area contributed by atoms with Gasteiger partial charge in [0.15, 0.2) is 5.82 Å². The maximum atomic E-state index is 12.2. The van der Waals surface area contributed by atoms with Gasteiger partial charge < -0.3 is 15.4 Å². The normalized spacial score (nSPS) is 10.5. The van der Waals surface area contributed by atoms with Crippen LogP contribution in [0.2, 0.25) is 0 Å². The molecule has 1 heterocycles. The molecule has 0 bridgehead atoms. The van der Waals surface area contributed by atoms with Crippen molar-refractivity contribution in [3.05, 3.63) is 54.1 Å². The lowest BCUT2D eigenvalue weighted by Crippen LogP contribution is -2.32. The number of carbonyl (C=O) groups excluding carboxylic acids is 2. The molecular weight excluding hydrogens is 339 g/mol. The second kappa shape index (κ2) is 8.11. The van der Waals surface area contributed by atoms with Gasteiger partial charge in [0.1, 0.15) is 19.0 Å². The lowest BCUT2D eigenvalue weighted by atomic mass is 10.2.